The molecule has 1 N–H and O–H groups in total. The second-order valence-electron chi connectivity index (χ2n) is 8.05. The molecular formula is C21H21ClN6O3. The first-order valence-electron chi connectivity index (χ1n) is 10.3. The number of hydrogen-bond acceptors (Lipinski definition) is 7. The molecule has 0 amide bonds. The molecule has 0 unspecified atom stereocenters. The van der Waals surface area contributed by atoms with Crippen LogP contribution in [-0.2, 0) is 6.54 Å². The molecule has 0 bridgehead atoms. The van der Waals surface area contributed by atoms with E-state index in [0.717, 1.165) is 12.5 Å². The monoisotopic (exact) mass is 440 g/mol. The minimum absolute atomic E-state index is 0.110. The van der Waals surface area contributed by atoms with Gasteiger partial charge in [0.2, 0.25) is 17.5 Å². The predicted molar refractivity (Wildman–Crippen MR) is 114 cm³/mol. The Morgan fingerprint density at radius 1 is 1.26 bits per heavy atom. The lowest BCUT2D eigenvalue weighted by molar-refractivity contribution is 0.266. The molecule has 0 spiro atoms. The van der Waals surface area contributed by atoms with E-state index in [9.17, 15) is 4.79 Å². The zero-order valence-electron chi connectivity index (χ0n) is 16.9. The lowest BCUT2D eigenvalue weighted by atomic mass is 9.83. The average Bonchev–Trinajstić information content (AvgIpc) is 3.36. The van der Waals surface area contributed by atoms with E-state index in [4.69, 9.17) is 16.3 Å². The molecule has 31 heavy (non-hydrogen) atoms. The van der Waals surface area contributed by atoms with E-state index in [2.05, 4.69) is 36.5 Å². The van der Waals surface area contributed by atoms with Gasteiger partial charge < -0.3 is 9.30 Å². The van der Waals surface area contributed by atoms with Crippen molar-refractivity contribution >= 4 is 22.8 Å². The van der Waals surface area contributed by atoms with Crippen molar-refractivity contribution in [3.63, 3.8) is 0 Å². The lowest BCUT2D eigenvalue weighted by Crippen LogP contribution is -2.17. The molecule has 1 saturated carbocycles. The Kier molecular flexibility index (Phi) is 5.19. The second-order valence-corrected chi connectivity index (χ2v) is 8.49. The van der Waals surface area contributed by atoms with Crippen molar-refractivity contribution < 1.29 is 9.26 Å². The van der Waals surface area contributed by atoms with E-state index in [1.165, 1.54) is 25.7 Å². The fraction of sp³-hybridized carbons (Fsp3) is 0.381. The summed E-state index contributed by atoms with van der Waals surface area (Å²) in [6.45, 7) is 3.13. The second kappa shape index (κ2) is 8.14. The van der Waals surface area contributed by atoms with Crippen molar-refractivity contribution in [2.24, 2.45) is 11.8 Å². The maximum Gasteiger partial charge on any atom is 0.439 e. The first-order valence-corrected chi connectivity index (χ1v) is 10.7. The van der Waals surface area contributed by atoms with Crippen molar-refractivity contribution in [2.75, 3.05) is 0 Å². The zero-order valence-corrected chi connectivity index (χ0v) is 17.7. The summed E-state index contributed by atoms with van der Waals surface area (Å²) in [5.41, 5.74) is 1.14. The number of imidazole rings is 1. The van der Waals surface area contributed by atoms with Crippen LogP contribution in [0, 0.1) is 11.8 Å². The highest BCUT2D eigenvalue weighted by Gasteiger charge is 2.23. The zero-order chi connectivity index (χ0) is 21.4. The summed E-state index contributed by atoms with van der Waals surface area (Å²) in [7, 11) is 0. The molecule has 1 aliphatic rings. The number of H-pyrrole nitrogens is 1. The predicted octanol–water partition coefficient (Wildman–Crippen LogP) is 4.44. The number of nitrogens with one attached hydrogen (secondary N) is 1. The van der Waals surface area contributed by atoms with E-state index in [0.29, 0.717) is 33.7 Å². The van der Waals surface area contributed by atoms with Crippen molar-refractivity contribution in [2.45, 2.75) is 39.2 Å². The molecule has 0 atom stereocenters. The van der Waals surface area contributed by atoms with Gasteiger partial charge in [0.05, 0.1) is 6.33 Å². The molecule has 4 aromatic rings. The van der Waals surface area contributed by atoms with Gasteiger partial charge in [0.1, 0.15) is 5.75 Å². The molecule has 5 rings (SSSR count). The van der Waals surface area contributed by atoms with Crippen LogP contribution in [-0.4, -0.2) is 29.7 Å². The first kappa shape index (κ1) is 19.7. The number of nitrogens with zero attached hydrogens (tertiary/aromatic N) is 5. The van der Waals surface area contributed by atoms with E-state index in [1.807, 2.05) is 4.57 Å². The summed E-state index contributed by atoms with van der Waals surface area (Å²) in [6.07, 6.45) is 6.61. The summed E-state index contributed by atoms with van der Waals surface area (Å²) in [5, 5.41) is 4.23. The van der Waals surface area contributed by atoms with Gasteiger partial charge in [-0.25, -0.2) is 14.8 Å². The Labute approximate surface area is 182 Å². The number of rotatable bonds is 5. The van der Waals surface area contributed by atoms with E-state index < -0.39 is 5.76 Å². The number of fused-ring (bicyclic) bond motifs is 1. The van der Waals surface area contributed by atoms with E-state index in [1.54, 1.807) is 30.6 Å². The molecule has 9 nitrogen and oxygen atoms in total. The molecule has 1 aliphatic carbocycles. The number of ether oxygens (including phenoxy) is 1. The van der Waals surface area contributed by atoms with Gasteiger partial charge in [0.25, 0.3) is 0 Å². The maximum absolute atomic E-state index is 11.4. The minimum atomic E-state index is -0.687. The third-order valence-corrected chi connectivity index (χ3v) is 5.93. The number of halogens is 1. The van der Waals surface area contributed by atoms with Gasteiger partial charge in [-0.05, 0) is 42.9 Å². The number of aromatic nitrogens is 6. The number of benzene rings is 1. The van der Waals surface area contributed by atoms with Gasteiger partial charge in [0.15, 0.2) is 11.2 Å². The molecule has 0 radical (unpaired) electrons. The van der Waals surface area contributed by atoms with Crippen LogP contribution >= 0.6 is 11.6 Å². The van der Waals surface area contributed by atoms with Crippen molar-refractivity contribution in [3.05, 3.63) is 46.2 Å². The molecule has 1 fully saturated rings. The van der Waals surface area contributed by atoms with Crippen LogP contribution in [0.15, 0.2) is 39.9 Å². The van der Waals surface area contributed by atoms with Crippen LogP contribution in [0.2, 0.25) is 5.02 Å². The van der Waals surface area contributed by atoms with Gasteiger partial charge in [0, 0.05) is 11.6 Å². The summed E-state index contributed by atoms with van der Waals surface area (Å²) in [5.74, 6) is 1.78. The van der Waals surface area contributed by atoms with Crippen LogP contribution in [0.4, 0.5) is 0 Å². The molecule has 1 aromatic carbocycles. The summed E-state index contributed by atoms with van der Waals surface area (Å²) in [6, 6.07) is 7.06. The van der Waals surface area contributed by atoms with Crippen molar-refractivity contribution in [3.8, 4) is 23.3 Å². The highest BCUT2D eigenvalue weighted by atomic mass is 35.5. The summed E-state index contributed by atoms with van der Waals surface area (Å²) in [4.78, 5) is 27.3. The Balaban J connectivity index is 1.57. The van der Waals surface area contributed by atoms with Crippen LogP contribution in [0.25, 0.3) is 22.8 Å². The molecule has 0 aliphatic heterocycles. The Bertz CT molecular complexity index is 1270. The summed E-state index contributed by atoms with van der Waals surface area (Å²) < 4.78 is 12.7. The van der Waals surface area contributed by atoms with Crippen LogP contribution in [0.1, 0.15) is 32.6 Å². The summed E-state index contributed by atoms with van der Waals surface area (Å²) >= 11 is 6.12. The number of hydrogen-bond donors (Lipinski definition) is 1. The fourth-order valence-corrected chi connectivity index (χ4v) is 4.20. The minimum Gasteiger partial charge on any atom is -0.437 e. The van der Waals surface area contributed by atoms with Gasteiger partial charge in [-0.2, -0.15) is 4.98 Å². The lowest BCUT2D eigenvalue weighted by Gasteiger charge is -2.26. The topological polar surface area (TPSA) is 112 Å². The first-order chi connectivity index (χ1) is 15.0. The largest absolute Gasteiger partial charge is 0.439 e. The number of aromatic amines is 1. The molecule has 10 heteroatoms. The fourth-order valence-electron chi connectivity index (χ4n) is 4.02. The Morgan fingerprint density at radius 2 is 2.10 bits per heavy atom. The molecule has 0 saturated heterocycles. The van der Waals surface area contributed by atoms with Gasteiger partial charge in [-0.1, -0.05) is 42.6 Å². The van der Waals surface area contributed by atoms with E-state index in [-0.39, 0.29) is 11.6 Å². The Hall–Kier alpha value is -3.20. The van der Waals surface area contributed by atoms with E-state index >= 15 is 0 Å². The Morgan fingerprint density at radius 3 is 2.84 bits per heavy atom. The highest BCUT2D eigenvalue weighted by molar-refractivity contribution is 6.30. The van der Waals surface area contributed by atoms with Crippen molar-refractivity contribution in [1.29, 1.82) is 0 Å². The smallest absolute Gasteiger partial charge is 0.437 e. The SMILES string of the molecule is CC1CCC(Cn2cnc3nc(-c4noc(=O)[nH]4)nc(Oc4cccc(Cl)c4)c32)CC1. The molecule has 3 aromatic heterocycles. The molecule has 160 valence electrons. The average molecular weight is 441 g/mol. The normalized spacial score (nSPS) is 19.0. The third-order valence-electron chi connectivity index (χ3n) is 5.69. The van der Waals surface area contributed by atoms with Crippen LogP contribution in [0.5, 0.6) is 11.6 Å². The van der Waals surface area contributed by atoms with Crippen LogP contribution in [0.3, 0.4) is 0 Å². The quantitative estimate of drug-likeness (QED) is 0.488. The van der Waals surface area contributed by atoms with Gasteiger partial charge >= 0.3 is 5.76 Å². The van der Waals surface area contributed by atoms with Gasteiger partial charge in [-0.3, -0.25) is 9.51 Å². The van der Waals surface area contributed by atoms with Crippen molar-refractivity contribution in [1.82, 2.24) is 29.7 Å². The standard InChI is InChI=1S/C21H21ClN6O3/c1-12-5-7-13(8-6-12)10-28-11-23-17-16(28)20(30-15-4-2-3-14(22)9-15)25-18(24-17)19-26-21(29)31-27-19/h2-4,9,11-13H,5-8,10H2,1H3,(H,26,27,29). The van der Waals surface area contributed by atoms with Crippen LogP contribution < -0.4 is 10.5 Å². The third kappa shape index (κ3) is 4.18. The maximum atomic E-state index is 11.4. The molecule has 3 heterocycles. The molecular weight excluding hydrogens is 420 g/mol. The highest BCUT2D eigenvalue weighted by Crippen LogP contribution is 2.33. The van der Waals surface area contributed by atoms with Gasteiger partial charge in [-0.15, -0.1) is 0 Å².